The summed E-state index contributed by atoms with van der Waals surface area (Å²) < 4.78 is 0. The monoisotopic (exact) mass is 282 g/mol. The molecule has 0 heterocycles. The molecule has 1 rings (SSSR count). The number of benzene rings is 1. The maximum Gasteiger partial charge on any atom is 0.326 e. The van der Waals surface area contributed by atoms with Gasteiger partial charge in [0.15, 0.2) is 0 Å². The van der Waals surface area contributed by atoms with Crippen molar-refractivity contribution in [3.8, 4) is 0 Å². The number of carbonyl (C=O) groups is 2. The summed E-state index contributed by atoms with van der Waals surface area (Å²) in [7, 11) is 1.79. The number of hydrogen-bond acceptors (Lipinski definition) is 4. The van der Waals surface area contributed by atoms with Gasteiger partial charge in [-0.25, -0.2) is 4.79 Å². The van der Waals surface area contributed by atoms with Crippen LogP contribution in [0.5, 0.6) is 0 Å². The van der Waals surface area contributed by atoms with E-state index >= 15 is 0 Å². The third-order valence-electron chi connectivity index (χ3n) is 2.65. The number of nitrogens with one attached hydrogen (secondary N) is 2. The molecule has 19 heavy (non-hydrogen) atoms. The molecule has 5 nitrogen and oxygen atoms in total. The van der Waals surface area contributed by atoms with Crippen molar-refractivity contribution in [3.05, 3.63) is 29.8 Å². The topological polar surface area (TPSA) is 78.4 Å². The summed E-state index contributed by atoms with van der Waals surface area (Å²) in [4.78, 5) is 23.0. The van der Waals surface area contributed by atoms with E-state index in [2.05, 4.69) is 10.6 Å². The van der Waals surface area contributed by atoms with Crippen LogP contribution in [-0.4, -0.2) is 42.1 Å². The Morgan fingerprint density at radius 3 is 2.42 bits per heavy atom. The molecule has 0 bridgehead atoms. The zero-order chi connectivity index (χ0) is 14.3. The van der Waals surface area contributed by atoms with E-state index in [1.54, 1.807) is 43.1 Å². The summed E-state index contributed by atoms with van der Waals surface area (Å²) >= 11 is 1.55. The summed E-state index contributed by atoms with van der Waals surface area (Å²) in [5.74, 6) is -0.680. The molecule has 1 atom stereocenters. The Balaban J connectivity index is 2.67. The van der Waals surface area contributed by atoms with Crippen LogP contribution in [0, 0.1) is 0 Å². The first-order valence-corrected chi connectivity index (χ1v) is 7.28. The molecule has 1 unspecified atom stereocenters. The van der Waals surface area contributed by atoms with Crippen molar-refractivity contribution in [1.29, 1.82) is 0 Å². The van der Waals surface area contributed by atoms with E-state index in [1.165, 1.54) is 0 Å². The number of amides is 1. The SMILES string of the molecule is CNc1ccc(C(=O)NC(CCSC)C(=O)O)cc1. The predicted octanol–water partition coefficient (Wildman–Crippen LogP) is 1.66. The first kappa shape index (κ1) is 15.4. The smallest absolute Gasteiger partial charge is 0.326 e. The van der Waals surface area contributed by atoms with Gasteiger partial charge in [-0.15, -0.1) is 0 Å². The number of anilines is 1. The fourth-order valence-corrected chi connectivity index (χ4v) is 1.99. The van der Waals surface area contributed by atoms with Gasteiger partial charge in [0.2, 0.25) is 0 Å². The summed E-state index contributed by atoms with van der Waals surface area (Å²) in [6.45, 7) is 0. The Kier molecular flexibility index (Phi) is 6.21. The summed E-state index contributed by atoms with van der Waals surface area (Å²) in [5.41, 5.74) is 1.35. The second-order valence-corrected chi connectivity index (χ2v) is 4.96. The molecule has 0 saturated heterocycles. The van der Waals surface area contributed by atoms with Gasteiger partial charge >= 0.3 is 5.97 Å². The summed E-state index contributed by atoms with van der Waals surface area (Å²) in [6.07, 6.45) is 2.31. The Bertz CT molecular complexity index is 434. The quantitative estimate of drug-likeness (QED) is 0.709. The molecule has 0 saturated carbocycles. The van der Waals surface area contributed by atoms with E-state index in [1.807, 2.05) is 6.26 Å². The fraction of sp³-hybridized carbons (Fsp3) is 0.385. The first-order valence-electron chi connectivity index (χ1n) is 5.89. The highest BCUT2D eigenvalue weighted by Crippen LogP contribution is 2.09. The summed E-state index contributed by atoms with van der Waals surface area (Å²) in [6, 6.07) is 6.02. The van der Waals surface area contributed by atoms with Gasteiger partial charge < -0.3 is 15.7 Å². The van der Waals surface area contributed by atoms with Gasteiger partial charge in [0.05, 0.1) is 0 Å². The van der Waals surface area contributed by atoms with Crippen molar-refractivity contribution in [1.82, 2.24) is 5.32 Å². The third kappa shape index (κ3) is 4.82. The largest absolute Gasteiger partial charge is 0.480 e. The number of hydrogen-bond donors (Lipinski definition) is 3. The highest BCUT2D eigenvalue weighted by atomic mass is 32.2. The third-order valence-corrected chi connectivity index (χ3v) is 3.29. The van der Waals surface area contributed by atoms with E-state index in [-0.39, 0.29) is 5.91 Å². The van der Waals surface area contributed by atoms with Crippen molar-refractivity contribution in [2.45, 2.75) is 12.5 Å². The van der Waals surface area contributed by atoms with E-state index in [0.29, 0.717) is 17.7 Å². The lowest BCUT2D eigenvalue weighted by atomic mass is 10.1. The van der Waals surface area contributed by atoms with Crippen LogP contribution in [0.1, 0.15) is 16.8 Å². The molecule has 6 heteroatoms. The predicted molar refractivity (Wildman–Crippen MR) is 77.9 cm³/mol. The molecule has 0 aliphatic heterocycles. The van der Waals surface area contributed by atoms with Crippen LogP contribution in [0.2, 0.25) is 0 Å². The normalized spacial score (nSPS) is 11.7. The Morgan fingerprint density at radius 1 is 1.32 bits per heavy atom. The van der Waals surface area contributed by atoms with Crippen molar-refractivity contribution in [2.75, 3.05) is 24.4 Å². The fourth-order valence-electron chi connectivity index (χ4n) is 1.52. The van der Waals surface area contributed by atoms with Gasteiger partial charge in [0.25, 0.3) is 5.91 Å². The molecule has 1 aromatic carbocycles. The molecule has 0 aliphatic carbocycles. The number of thioether (sulfide) groups is 1. The Labute approximate surface area is 116 Å². The molecule has 1 aromatic rings. The van der Waals surface area contributed by atoms with Crippen LogP contribution in [0.3, 0.4) is 0 Å². The summed E-state index contributed by atoms with van der Waals surface area (Å²) in [5, 5.41) is 14.5. The number of carboxylic acids is 1. The zero-order valence-electron chi connectivity index (χ0n) is 11.0. The van der Waals surface area contributed by atoms with Crippen molar-refractivity contribution in [2.24, 2.45) is 0 Å². The molecule has 0 aliphatic rings. The Hall–Kier alpha value is -1.69. The number of aliphatic carboxylic acids is 1. The van der Waals surface area contributed by atoms with E-state index in [0.717, 1.165) is 5.69 Å². The minimum absolute atomic E-state index is 0.365. The van der Waals surface area contributed by atoms with Crippen LogP contribution in [0.4, 0.5) is 5.69 Å². The van der Waals surface area contributed by atoms with Crippen molar-refractivity contribution >= 4 is 29.3 Å². The maximum absolute atomic E-state index is 11.9. The van der Waals surface area contributed by atoms with Crippen LogP contribution in [-0.2, 0) is 4.79 Å². The van der Waals surface area contributed by atoms with Gasteiger partial charge in [-0.3, -0.25) is 4.79 Å². The second-order valence-electron chi connectivity index (χ2n) is 3.97. The lowest BCUT2D eigenvalue weighted by Crippen LogP contribution is -2.41. The maximum atomic E-state index is 11.9. The average Bonchev–Trinajstić information content (AvgIpc) is 2.43. The lowest BCUT2D eigenvalue weighted by molar-refractivity contribution is -0.139. The molecule has 3 N–H and O–H groups in total. The zero-order valence-corrected chi connectivity index (χ0v) is 11.8. The Morgan fingerprint density at radius 2 is 1.95 bits per heavy atom. The number of carboxylic acid groups (broad SMARTS) is 1. The highest BCUT2D eigenvalue weighted by Gasteiger charge is 2.19. The lowest BCUT2D eigenvalue weighted by Gasteiger charge is -2.14. The van der Waals surface area contributed by atoms with Crippen molar-refractivity contribution in [3.63, 3.8) is 0 Å². The van der Waals surface area contributed by atoms with E-state index in [9.17, 15) is 9.59 Å². The van der Waals surface area contributed by atoms with Gasteiger partial charge in [0.1, 0.15) is 6.04 Å². The van der Waals surface area contributed by atoms with E-state index < -0.39 is 12.0 Å². The van der Waals surface area contributed by atoms with Gasteiger partial charge in [-0.05, 0) is 42.7 Å². The minimum atomic E-state index is -1.01. The standard InChI is InChI=1S/C13H18N2O3S/c1-14-10-5-3-9(4-6-10)12(16)15-11(13(17)18)7-8-19-2/h3-6,11,14H,7-8H2,1-2H3,(H,15,16)(H,17,18). The molecule has 1 amide bonds. The van der Waals surface area contributed by atoms with Gasteiger partial charge in [0, 0.05) is 18.3 Å². The number of rotatable bonds is 7. The molecular weight excluding hydrogens is 264 g/mol. The second kappa shape index (κ2) is 7.68. The molecule has 0 aromatic heterocycles. The molecule has 0 spiro atoms. The molecule has 0 radical (unpaired) electrons. The van der Waals surface area contributed by atoms with E-state index in [4.69, 9.17) is 5.11 Å². The molecular formula is C13H18N2O3S. The molecule has 104 valence electrons. The first-order chi connectivity index (χ1) is 9.08. The van der Waals surface area contributed by atoms with Crippen LogP contribution >= 0.6 is 11.8 Å². The van der Waals surface area contributed by atoms with Crippen LogP contribution < -0.4 is 10.6 Å². The highest BCUT2D eigenvalue weighted by molar-refractivity contribution is 7.98. The molecule has 0 fully saturated rings. The van der Waals surface area contributed by atoms with Crippen molar-refractivity contribution < 1.29 is 14.7 Å². The van der Waals surface area contributed by atoms with Gasteiger partial charge in [-0.1, -0.05) is 0 Å². The average molecular weight is 282 g/mol. The van der Waals surface area contributed by atoms with Crippen LogP contribution in [0.25, 0.3) is 0 Å². The van der Waals surface area contributed by atoms with Crippen LogP contribution in [0.15, 0.2) is 24.3 Å². The minimum Gasteiger partial charge on any atom is -0.480 e. The van der Waals surface area contributed by atoms with Gasteiger partial charge in [-0.2, -0.15) is 11.8 Å². The number of carbonyl (C=O) groups excluding carboxylic acids is 1.